The summed E-state index contributed by atoms with van der Waals surface area (Å²) >= 11 is 3.27. The van der Waals surface area contributed by atoms with Crippen LogP contribution < -0.4 is 11.1 Å². The van der Waals surface area contributed by atoms with Crippen molar-refractivity contribution in [3.05, 3.63) is 18.2 Å². The number of anilines is 2. The molecule has 0 bridgehead atoms. The summed E-state index contributed by atoms with van der Waals surface area (Å²) in [5.41, 5.74) is 7.16. The Morgan fingerprint density at radius 2 is 2.24 bits per heavy atom. The van der Waals surface area contributed by atoms with E-state index in [0.29, 0.717) is 17.1 Å². The molecule has 0 heterocycles. The van der Waals surface area contributed by atoms with Crippen molar-refractivity contribution >= 4 is 40.8 Å². The zero-order valence-corrected chi connectivity index (χ0v) is 11.8. The van der Waals surface area contributed by atoms with Crippen LogP contribution in [0.25, 0.3) is 0 Å². The lowest BCUT2D eigenvalue weighted by molar-refractivity contribution is -0.113. The van der Waals surface area contributed by atoms with Crippen LogP contribution in [0.4, 0.5) is 11.4 Å². The average Bonchev–Trinajstić information content (AvgIpc) is 2.30. The fourth-order valence-corrected chi connectivity index (χ4v) is 2.41. The molecule has 3 N–H and O–H groups in total. The molecular weight excluding hydrogens is 252 g/mol. The van der Waals surface area contributed by atoms with E-state index in [1.54, 1.807) is 11.8 Å². The number of amides is 1. The van der Waals surface area contributed by atoms with Crippen LogP contribution in [-0.4, -0.2) is 23.7 Å². The van der Waals surface area contributed by atoms with E-state index in [1.807, 2.05) is 24.5 Å². The molecule has 0 atom stereocenters. The molecule has 0 fully saturated rings. The Balaban J connectivity index is 2.72. The smallest absolute Gasteiger partial charge is 0.234 e. The molecule has 0 spiro atoms. The van der Waals surface area contributed by atoms with E-state index in [0.717, 1.165) is 17.1 Å². The van der Waals surface area contributed by atoms with Gasteiger partial charge < -0.3 is 11.1 Å². The molecule has 94 valence electrons. The number of carbonyl (C=O) groups excluding carboxylic acids is 1. The van der Waals surface area contributed by atoms with E-state index >= 15 is 0 Å². The molecule has 5 heteroatoms. The van der Waals surface area contributed by atoms with Crippen LogP contribution in [0.15, 0.2) is 23.1 Å². The lowest BCUT2D eigenvalue weighted by Crippen LogP contribution is -2.15. The van der Waals surface area contributed by atoms with Crippen molar-refractivity contribution in [2.75, 3.05) is 28.8 Å². The lowest BCUT2D eigenvalue weighted by atomic mass is 10.2. The Morgan fingerprint density at radius 1 is 1.47 bits per heavy atom. The zero-order chi connectivity index (χ0) is 12.7. The van der Waals surface area contributed by atoms with Gasteiger partial charge in [0.1, 0.15) is 0 Å². The summed E-state index contributed by atoms with van der Waals surface area (Å²) < 4.78 is 0. The number of nitrogens with two attached hydrogens (primary N) is 1. The second-order valence-corrected chi connectivity index (χ2v) is 5.61. The predicted molar refractivity (Wildman–Crippen MR) is 78.9 cm³/mol. The molecule has 1 aromatic rings. The average molecular weight is 270 g/mol. The normalized spacial score (nSPS) is 10.2. The van der Waals surface area contributed by atoms with E-state index in [1.165, 1.54) is 11.8 Å². The number of hydrogen-bond acceptors (Lipinski definition) is 4. The van der Waals surface area contributed by atoms with Gasteiger partial charge in [0.2, 0.25) is 5.91 Å². The Bertz CT molecular complexity index is 383. The fraction of sp³-hybridized carbons (Fsp3) is 0.417. The van der Waals surface area contributed by atoms with Crippen molar-refractivity contribution in [1.29, 1.82) is 0 Å². The molecule has 3 nitrogen and oxygen atoms in total. The van der Waals surface area contributed by atoms with Gasteiger partial charge in [-0.1, -0.05) is 6.92 Å². The van der Waals surface area contributed by atoms with Crippen LogP contribution in [0.3, 0.4) is 0 Å². The number of nitrogens with one attached hydrogen (secondary N) is 1. The largest absolute Gasteiger partial charge is 0.397 e. The minimum atomic E-state index is -0.0122. The zero-order valence-electron chi connectivity index (χ0n) is 10.2. The third-order valence-corrected chi connectivity index (χ3v) is 3.80. The third kappa shape index (κ3) is 4.91. The number of thioether (sulfide) groups is 2. The van der Waals surface area contributed by atoms with E-state index < -0.39 is 0 Å². The first-order valence-electron chi connectivity index (χ1n) is 5.48. The molecule has 1 amide bonds. The minimum Gasteiger partial charge on any atom is -0.397 e. The summed E-state index contributed by atoms with van der Waals surface area (Å²) in [6, 6.07) is 5.76. The third-order valence-electron chi connectivity index (χ3n) is 2.05. The predicted octanol–water partition coefficient (Wildman–Crippen LogP) is 3.07. The van der Waals surface area contributed by atoms with Crippen molar-refractivity contribution in [2.24, 2.45) is 0 Å². The number of benzene rings is 1. The highest BCUT2D eigenvalue weighted by atomic mass is 32.2. The molecular formula is C12H18N2OS2. The first-order chi connectivity index (χ1) is 8.17. The summed E-state index contributed by atoms with van der Waals surface area (Å²) in [6.07, 6.45) is 3.03. The van der Waals surface area contributed by atoms with Crippen molar-refractivity contribution in [3.8, 4) is 0 Å². The quantitative estimate of drug-likeness (QED) is 0.616. The first kappa shape index (κ1) is 14.3. The van der Waals surface area contributed by atoms with E-state index in [2.05, 4.69) is 12.2 Å². The molecule has 1 aromatic carbocycles. The van der Waals surface area contributed by atoms with Gasteiger partial charge >= 0.3 is 0 Å². The Kier molecular flexibility index (Phi) is 6.29. The van der Waals surface area contributed by atoms with Gasteiger partial charge in [-0.2, -0.15) is 11.8 Å². The Labute approximate surface area is 111 Å². The van der Waals surface area contributed by atoms with Gasteiger partial charge in [-0.05, 0) is 36.6 Å². The Morgan fingerprint density at radius 3 is 2.88 bits per heavy atom. The molecule has 0 radical (unpaired) electrons. The van der Waals surface area contributed by atoms with Crippen molar-refractivity contribution < 1.29 is 4.79 Å². The van der Waals surface area contributed by atoms with Crippen LogP contribution >= 0.6 is 23.5 Å². The van der Waals surface area contributed by atoms with Gasteiger partial charge in [-0.3, -0.25) is 4.79 Å². The second-order valence-electron chi connectivity index (χ2n) is 3.58. The number of carbonyl (C=O) groups is 1. The van der Waals surface area contributed by atoms with Gasteiger partial charge in [0.05, 0.1) is 17.1 Å². The Hall–Kier alpha value is -0.810. The maximum absolute atomic E-state index is 11.5. The van der Waals surface area contributed by atoms with Crippen LogP contribution in [0.5, 0.6) is 0 Å². The standard InChI is InChI=1S/C12H18N2OS2/c1-3-6-17-9-4-5-10(13)11(7-9)14-12(15)8-16-2/h4-5,7H,3,6,8,13H2,1-2H3,(H,14,15). The highest BCUT2D eigenvalue weighted by molar-refractivity contribution is 7.99. The molecule has 0 saturated carbocycles. The summed E-state index contributed by atoms with van der Waals surface area (Å²) in [5, 5.41) is 2.83. The molecule has 0 aliphatic carbocycles. The number of rotatable bonds is 6. The van der Waals surface area contributed by atoms with Gasteiger partial charge in [0, 0.05) is 4.90 Å². The van der Waals surface area contributed by atoms with E-state index in [9.17, 15) is 4.79 Å². The van der Waals surface area contributed by atoms with Crippen LogP contribution in [0, 0.1) is 0 Å². The van der Waals surface area contributed by atoms with E-state index in [4.69, 9.17) is 5.73 Å². The SMILES string of the molecule is CCCSc1ccc(N)c(NC(=O)CSC)c1. The summed E-state index contributed by atoms with van der Waals surface area (Å²) in [5.74, 6) is 1.51. The molecule has 17 heavy (non-hydrogen) atoms. The maximum atomic E-state index is 11.5. The summed E-state index contributed by atoms with van der Waals surface area (Å²) in [7, 11) is 0. The summed E-state index contributed by atoms with van der Waals surface area (Å²) in [6.45, 7) is 2.14. The summed E-state index contributed by atoms with van der Waals surface area (Å²) in [4.78, 5) is 12.6. The number of hydrogen-bond donors (Lipinski definition) is 2. The minimum absolute atomic E-state index is 0.0122. The first-order valence-corrected chi connectivity index (χ1v) is 7.86. The lowest BCUT2D eigenvalue weighted by Gasteiger charge is -2.09. The van der Waals surface area contributed by atoms with Crippen LogP contribution in [-0.2, 0) is 4.79 Å². The van der Waals surface area contributed by atoms with Gasteiger partial charge in [-0.25, -0.2) is 0 Å². The highest BCUT2D eigenvalue weighted by Gasteiger charge is 2.05. The monoisotopic (exact) mass is 270 g/mol. The van der Waals surface area contributed by atoms with Crippen molar-refractivity contribution in [2.45, 2.75) is 18.2 Å². The van der Waals surface area contributed by atoms with Gasteiger partial charge in [-0.15, -0.1) is 11.8 Å². The highest BCUT2D eigenvalue weighted by Crippen LogP contribution is 2.27. The molecule has 0 saturated heterocycles. The van der Waals surface area contributed by atoms with Crippen LogP contribution in [0.1, 0.15) is 13.3 Å². The fourth-order valence-electron chi connectivity index (χ4n) is 1.27. The topological polar surface area (TPSA) is 55.1 Å². The van der Waals surface area contributed by atoms with Gasteiger partial charge in [0.25, 0.3) is 0 Å². The van der Waals surface area contributed by atoms with Gasteiger partial charge in [0.15, 0.2) is 0 Å². The van der Waals surface area contributed by atoms with Crippen molar-refractivity contribution in [1.82, 2.24) is 0 Å². The van der Waals surface area contributed by atoms with E-state index in [-0.39, 0.29) is 5.91 Å². The molecule has 0 aliphatic rings. The maximum Gasteiger partial charge on any atom is 0.234 e. The second kappa shape index (κ2) is 7.50. The molecule has 0 unspecified atom stereocenters. The van der Waals surface area contributed by atoms with Crippen molar-refractivity contribution in [3.63, 3.8) is 0 Å². The molecule has 0 aromatic heterocycles. The molecule has 0 aliphatic heterocycles. The van der Waals surface area contributed by atoms with Crippen LogP contribution in [0.2, 0.25) is 0 Å². The molecule has 1 rings (SSSR count). The number of nitrogen functional groups attached to an aromatic ring is 1.